The zero-order valence-electron chi connectivity index (χ0n) is 12.7. The van der Waals surface area contributed by atoms with E-state index in [1.165, 1.54) is 43.5 Å². The second-order valence-corrected chi connectivity index (χ2v) is 6.66. The number of methoxy groups -OCH3 is 1. The van der Waals surface area contributed by atoms with E-state index in [0.717, 1.165) is 0 Å². The number of halogens is 1. The van der Waals surface area contributed by atoms with Crippen molar-refractivity contribution in [1.82, 2.24) is 4.72 Å². The van der Waals surface area contributed by atoms with Gasteiger partial charge in [0.1, 0.15) is 5.82 Å². The maximum Gasteiger partial charge on any atom is 0.337 e. The molecule has 0 atom stereocenters. The molecule has 0 saturated carbocycles. The Labute approximate surface area is 134 Å². The quantitative estimate of drug-likeness (QED) is 0.851. The van der Waals surface area contributed by atoms with Gasteiger partial charge in [0.05, 0.1) is 17.6 Å². The summed E-state index contributed by atoms with van der Waals surface area (Å²) in [5, 5.41) is 0. The van der Waals surface area contributed by atoms with Gasteiger partial charge in [0.2, 0.25) is 10.0 Å². The normalized spacial score (nSPS) is 11.3. The average molecular weight is 337 g/mol. The highest BCUT2D eigenvalue weighted by Crippen LogP contribution is 2.18. The molecule has 0 spiro atoms. The molecule has 2 rings (SSSR count). The van der Waals surface area contributed by atoms with Crippen LogP contribution in [0.4, 0.5) is 4.39 Å². The lowest BCUT2D eigenvalue weighted by Crippen LogP contribution is -2.24. The summed E-state index contributed by atoms with van der Waals surface area (Å²) in [4.78, 5) is 11.5. The van der Waals surface area contributed by atoms with Crippen LogP contribution in [-0.4, -0.2) is 21.5 Å². The lowest BCUT2D eigenvalue weighted by molar-refractivity contribution is 0.0600. The van der Waals surface area contributed by atoms with Gasteiger partial charge in [-0.1, -0.05) is 18.2 Å². The topological polar surface area (TPSA) is 72.5 Å². The number of sulfonamides is 1. The van der Waals surface area contributed by atoms with Gasteiger partial charge in [-0.3, -0.25) is 0 Å². The number of hydrogen-bond acceptors (Lipinski definition) is 4. The van der Waals surface area contributed by atoms with Crippen LogP contribution in [0, 0.1) is 12.7 Å². The molecule has 0 saturated heterocycles. The molecule has 0 aliphatic carbocycles. The molecular weight excluding hydrogens is 321 g/mol. The second kappa shape index (κ2) is 6.89. The molecule has 122 valence electrons. The third kappa shape index (κ3) is 4.14. The Kier molecular flexibility index (Phi) is 5.12. The third-order valence-corrected chi connectivity index (χ3v) is 4.80. The number of hydrogen-bond donors (Lipinski definition) is 1. The smallest absolute Gasteiger partial charge is 0.337 e. The minimum Gasteiger partial charge on any atom is -0.465 e. The molecule has 0 amide bonds. The number of carbonyl (C=O) groups excluding carboxylic acids is 1. The van der Waals surface area contributed by atoms with Crippen LogP contribution in [0.25, 0.3) is 0 Å². The molecule has 0 aliphatic rings. The van der Waals surface area contributed by atoms with Crippen LogP contribution in [0.1, 0.15) is 21.5 Å². The van der Waals surface area contributed by atoms with E-state index < -0.39 is 21.8 Å². The van der Waals surface area contributed by atoms with E-state index in [2.05, 4.69) is 9.46 Å². The molecule has 23 heavy (non-hydrogen) atoms. The molecule has 1 N–H and O–H groups in total. The van der Waals surface area contributed by atoms with Crippen molar-refractivity contribution >= 4 is 16.0 Å². The van der Waals surface area contributed by atoms with Gasteiger partial charge in [0, 0.05) is 6.54 Å². The van der Waals surface area contributed by atoms with Crippen LogP contribution in [0.2, 0.25) is 0 Å². The summed E-state index contributed by atoms with van der Waals surface area (Å²) >= 11 is 0. The van der Waals surface area contributed by atoms with Crippen molar-refractivity contribution < 1.29 is 22.3 Å². The second-order valence-electron chi connectivity index (χ2n) is 4.93. The van der Waals surface area contributed by atoms with Gasteiger partial charge in [0.25, 0.3) is 0 Å². The number of ether oxygens (including phenoxy) is 1. The molecule has 0 radical (unpaired) electrons. The Balaban J connectivity index is 2.27. The predicted molar refractivity (Wildman–Crippen MR) is 82.9 cm³/mol. The number of nitrogens with one attached hydrogen (secondary N) is 1. The van der Waals surface area contributed by atoms with Gasteiger partial charge in [0.15, 0.2) is 0 Å². The minimum atomic E-state index is -3.85. The zero-order valence-corrected chi connectivity index (χ0v) is 13.5. The Bertz CT molecular complexity index is 834. The SMILES string of the molecule is COC(=O)c1ccc(C)c(S(=O)(=O)NCc2cccc(F)c2)c1. The summed E-state index contributed by atoms with van der Waals surface area (Å²) in [7, 11) is -2.63. The van der Waals surface area contributed by atoms with E-state index in [1.807, 2.05) is 0 Å². The van der Waals surface area contributed by atoms with Gasteiger partial charge in [-0.2, -0.15) is 0 Å². The van der Waals surface area contributed by atoms with Crippen molar-refractivity contribution in [3.63, 3.8) is 0 Å². The summed E-state index contributed by atoms with van der Waals surface area (Å²) in [5.41, 5.74) is 1.13. The Morgan fingerprint density at radius 2 is 1.96 bits per heavy atom. The first-order chi connectivity index (χ1) is 10.8. The van der Waals surface area contributed by atoms with E-state index >= 15 is 0 Å². The minimum absolute atomic E-state index is 0.0168. The van der Waals surface area contributed by atoms with E-state index in [4.69, 9.17) is 0 Å². The van der Waals surface area contributed by atoms with Crippen molar-refractivity contribution in [3.05, 3.63) is 65.0 Å². The van der Waals surface area contributed by atoms with Crippen molar-refractivity contribution in [2.75, 3.05) is 7.11 Å². The van der Waals surface area contributed by atoms with Crippen LogP contribution in [0.15, 0.2) is 47.4 Å². The van der Waals surface area contributed by atoms with Gasteiger partial charge < -0.3 is 4.74 Å². The summed E-state index contributed by atoms with van der Waals surface area (Å²) in [6.45, 7) is 1.57. The van der Waals surface area contributed by atoms with Crippen LogP contribution in [-0.2, 0) is 21.3 Å². The lowest BCUT2D eigenvalue weighted by atomic mass is 10.1. The maximum absolute atomic E-state index is 13.1. The molecule has 0 bridgehead atoms. The molecule has 0 aromatic heterocycles. The molecule has 0 unspecified atom stereocenters. The highest BCUT2D eigenvalue weighted by Gasteiger charge is 2.19. The van der Waals surface area contributed by atoms with Crippen molar-refractivity contribution in [3.8, 4) is 0 Å². The van der Waals surface area contributed by atoms with E-state index in [9.17, 15) is 17.6 Å². The van der Waals surface area contributed by atoms with Crippen molar-refractivity contribution in [1.29, 1.82) is 0 Å². The monoisotopic (exact) mass is 337 g/mol. The molecule has 0 fully saturated rings. The number of aryl methyl sites for hydroxylation is 1. The molecule has 0 aliphatic heterocycles. The highest BCUT2D eigenvalue weighted by atomic mass is 32.2. The first-order valence-corrected chi connectivity index (χ1v) is 8.25. The summed E-state index contributed by atoms with van der Waals surface area (Å²) in [6, 6.07) is 9.93. The van der Waals surface area contributed by atoms with E-state index in [0.29, 0.717) is 11.1 Å². The van der Waals surface area contributed by atoms with Crippen LogP contribution in [0.5, 0.6) is 0 Å². The third-order valence-electron chi connectivity index (χ3n) is 3.25. The number of rotatable bonds is 5. The summed E-state index contributed by atoms with van der Waals surface area (Å²) in [5.74, 6) is -1.06. The largest absolute Gasteiger partial charge is 0.465 e. The van der Waals surface area contributed by atoms with Crippen molar-refractivity contribution in [2.24, 2.45) is 0 Å². The molecule has 2 aromatic rings. The maximum atomic E-state index is 13.1. The highest BCUT2D eigenvalue weighted by molar-refractivity contribution is 7.89. The zero-order chi connectivity index (χ0) is 17.0. The molecule has 7 heteroatoms. The number of benzene rings is 2. The fourth-order valence-corrected chi connectivity index (χ4v) is 3.32. The lowest BCUT2D eigenvalue weighted by Gasteiger charge is -2.11. The van der Waals surface area contributed by atoms with Crippen LogP contribution in [0.3, 0.4) is 0 Å². The van der Waals surface area contributed by atoms with Crippen LogP contribution >= 0.6 is 0 Å². The van der Waals surface area contributed by atoms with Gasteiger partial charge in [-0.05, 0) is 42.3 Å². The van der Waals surface area contributed by atoms with Gasteiger partial charge >= 0.3 is 5.97 Å². The molecule has 0 heterocycles. The molecular formula is C16H16FNO4S. The summed E-state index contributed by atoms with van der Waals surface area (Å²) in [6.07, 6.45) is 0. The molecule has 5 nitrogen and oxygen atoms in total. The Morgan fingerprint density at radius 1 is 1.22 bits per heavy atom. The number of esters is 1. The predicted octanol–water partition coefficient (Wildman–Crippen LogP) is 2.40. The van der Waals surface area contributed by atoms with Gasteiger partial charge in [-0.25, -0.2) is 22.3 Å². The molecule has 2 aromatic carbocycles. The Hall–Kier alpha value is -2.25. The standard InChI is InChI=1S/C16H16FNO4S/c1-11-6-7-13(16(19)22-2)9-15(11)23(20,21)18-10-12-4-3-5-14(17)8-12/h3-9,18H,10H2,1-2H3. The van der Waals surface area contributed by atoms with Crippen LogP contribution < -0.4 is 4.72 Å². The van der Waals surface area contributed by atoms with E-state index in [1.54, 1.807) is 13.0 Å². The van der Waals surface area contributed by atoms with Crippen molar-refractivity contribution in [2.45, 2.75) is 18.4 Å². The van der Waals surface area contributed by atoms with Gasteiger partial charge in [-0.15, -0.1) is 0 Å². The van der Waals surface area contributed by atoms with E-state index in [-0.39, 0.29) is 17.0 Å². The Morgan fingerprint density at radius 3 is 2.61 bits per heavy atom. The first kappa shape index (κ1) is 17.1. The average Bonchev–Trinajstić information content (AvgIpc) is 2.52. The summed E-state index contributed by atoms with van der Waals surface area (Å²) < 4.78 is 44.9. The fraction of sp³-hybridized carbons (Fsp3) is 0.188. The number of carbonyl (C=O) groups is 1. The fourth-order valence-electron chi connectivity index (χ4n) is 2.04. The first-order valence-electron chi connectivity index (χ1n) is 6.76.